The van der Waals surface area contributed by atoms with Crippen molar-refractivity contribution >= 4 is 26.7 Å². The second-order valence-corrected chi connectivity index (χ2v) is 10.7. The number of hydrogen-bond acceptors (Lipinski definition) is 4. The lowest BCUT2D eigenvalue weighted by molar-refractivity contribution is 0.251. The fraction of sp³-hybridized carbons (Fsp3) is 0.290. The first-order valence-corrected chi connectivity index (χ1v) is 13.2. The molecule has 0 aromatic heterocycles. The Hall–Kier alpha value is -2.86. The van der Waals surface area contributed by atoms with Gasteiger partial charge < -0.3 is 20.0 Å². The summed E-state index contributed by atoms with van der Waals surface area (Å²) in [5, 5.41) is 23.9. The molecular formula is C31H35BrN2O2. The number of rotatable bonds is 9. The Morgan fingerprint density at radius 1 is 0.694 bits per heavy atom. The first-order valence-electron chi connectivity index (χ1n) is 12.4. The number of aromatic hydroxyl groups is 2. The van der Waals surface area contributed by atoms with E-state index in [0.29, 0.717) is 18.0 Å². The zero-order chi connectivity index (χ0) is 25.8. The molecule has 0 saturated carbocycles. The molecule has 4 aromatic carbocycles. The predicted molar refractivity (Wildman–Crippen MR) is 154 cm³/mol. The van der Waals surface area contributed by atoms with Crippen LogP contribution < -0.4 is 0 Å². The molecule has 0 amide bonds. The Labute approximate surface area is 222 Å². The molecule has 0 spiro atoms. The summed E-state index contributed by atoms with van der Waals surface area (Å²) < 4.78 is 0.751. The second kappa shape index (κ2) is 11.5. The highest BCUT2D eigenvalue weighted by molar-refractivity contribution is 9.10. The lowest BCUT2D eigenvalue weighted by Gasteiger charge is -2.23. The van der Waals surface area contributed by atoms with Crippen molar-refractivity contribution in [3.63, 3.8) is 0 Å². The normalized spacial score (nSPS) is 11.6. The summed E-state index contributed by atoms with van der Waals surface area (Å²) >= 11 is 3.44. The van der Waals surface area contributed by atoms with Gasteiger partial charge in [-0.2, -0.15) is 0 Å². The van der Waals surface area contributed by atoms with Gasteiger partial charge >= 0.3 is 0 Å². The van der Waals surface area contributed by atoms with E-state index in [1.807, 2.05) is 31.2 Å². The van der Waals surface area contributed by atoms with Gasteiger partial charge in [0.25, 0.3) is 0 Å². The lowest BCUT2D eigenvalue weighted by atomic mass is 9.94. The van der Waals surface area contributed by atoms with Crippen LogP contribution in [0.1, 0.15) is 22.3 Å². The maximum Gasteiger partial charge on any atom is 0.133 e. The molecular weight excluding hydrogens is 512 g/mol. The second-order valence-electron chi connectivity index (χ2n) is 9.89. The minimum absolute atomic E-state index is 0.336. The van der Waals surface area contributed by atoms with E-state index in [-0.39, 0.29) is 0 Å². The van der Waals surface area contributed by atoms with Crippen molar-refractivity contribution in [1.82, 2.24) is 9.80 Å². The van der Waals surface area contributed by atoms with E-state index in [1.54, 1.807) is 0 Å². The zero-order valence-corrected chi connectivity index (χ0v) is 23.1. The van der Waals surface area contributed by atoms with Crippen molar-refractivity contribution in [3.8, 4) is 22.6 Å². The number of hydrogen-bond donors (Lipinski definition) is 2. The van der Waals surface area contributed by atoms with Crippen LogP contribution in [0.5, 0.6) is 11.5 Å². The summed E-state index contributed by atoms with van der Waals surface area (Å²) in [6, 6.07) is 22.7. The Balaban J connectivity index is 1.41. The number of aryl methyl sites for hydroxylation is 2. The molecule has 5 heteroatoms. The van der Waals surface area contributed by atoms with Crippen molar-refractivity contribution < 1.29 is 10.2 Å². The van der Waals surface area contributed by atoms with E-state index in [0.717, 1.165) is 69.3 Å². The summed E-state index contributed by atoms with van der Waals surface area (Å²) in [4.78, 5) is 4.53. The summed E-state index contributed by atoms with van der Waals surface area (Å²) in [5.41, 5.74) is 6.13. The van der Waals surface area contributed by atoms with Crippen LogP contribution >= 0.6 is 15.9 Å². The molecule has 36 heavy (non-hydrogen) atoms. The minimum Gasteiger partial charge on any atom is -0.507 e. The van der Waals surface area contributed by atoms with Gasteiger partial charge in [0.1, 0.15) is 11.5 Å². The fourth-order valence-electron chi connectivity index (χ4n) is 4.77. The van der Waals surface area contributed by atoms with Crippen molar-refractivity contribution in [2.24, 2.45) is 0 Å². The van der Waals surface area contributed by atoms with Crippen molar-refractivity contribution in [3.05, 3.63) is 93.5 Å². The molecule has 2 N–H and O–H groups in total. The molecule has 4 nitrogen and oxygen atoms in total. The van der Waals surface area contributed by atoms with Crippen molar-refractivity contribution in [2.45, 2.75) is 26.8 Å². The SMILES string of the molecule is Cc1cc(Br)c(O)c(CCN(C)CCN(C)Cc2cc(C)cc(-c3cccc4ccccc34)c2O)c1. The molecule has 0 unspecified atom stereocenters. The maximum atomic E-state index is 11.3. The first-order chi connectivity index (χ1) is 17.2. The molecule has 0 saturated heterocycles. The van der Waals surface area contributed by atoms with Crippen LogP contribution in [-0.2, 0) is 13.0 Å². The summed E-state index contributed by atoms with van der Waals surface area (Å²) in [6.07, 6.45) is 0.791. The third-order valence-corrected chi connectivity index (χ3v) is 7.37. The fourth-order valence-corrected chi connectivity index (χ4v) is 5.39. The number of phenols is 2. The van der Waals surface area contributed by atoms with Gasteiger partial charge in [-0.25, -0.2) is 0 Å². The van der Waals surface area contributed by atoms with Crippen LogP contribution in [0.3, 0.4) is 0 Å². The topological polar surface area (TPSA) is 46.9 Å². The molecule has 0 aliphatic carbocycles. The van der Waals surface area contributed by atoms with E-state index in [4.69, 9.17) is 0 Å². The van der Waals surface area contributed by atoms with E-state index >= 15 is 0 Å². The zero-order valence-electron chi connectivity index (χ0n) is 21.6. The number of likely N-dealkylation sites (N-methyl/N-ethyl adjacent to an activating group) is 2. The number of benzene rings is 4. The third kappa shape index (κ3) is 6.09. The van der Waals surface area contributed by atoms with Crippen molar-refractivity contribution in [1.29, 1.82) is 0 Å². The molecule has 4 aromatic rings. The number of halogens is 1. The van der Waals surface area contributed by atoms with Crippen LogP contribution in [-0.4, -0.2) is 53.7 Å². The highest BCUT2D eigenvalue weighted by Crippen LogP contribution is 2.38. The van der Waals surface area contributed by atoms with Gasteiger partial charge in [-0.3, -0.25) is 0 Å². The summed E-state index contributed by atoms with van der Waals surface area (Å²) in [6.45, 7) is 7.43. The predicted octanol–water partition coefficient (Wildman–Crippen LogP) is 6.90. The number of fused-ring (bicyclic) bond motifs is 1. The highest BCUT2D eigenvalue weighted by Gasteiger charge is 2.15. The summed E-state index contributed by atoms with van der Waals surface area (Å²) in [5.74, 6) is 0.695. The van der Waals surface area contributed by atoms with Gasteiger partial charge in [0.05, 0.1) is 4.47 Å². The van der Waals surface area contributed by atoms with E-state index < -0.39 is 0 Å². The molecule has 0 atom stereocenters. The van der Waals surface area contributed by atoms with Gasteiger partial charge in [0.2, 0.25) is 0 Å². The van der Waals surface area contributed by atoms with Crippen molar-refractivity contribution in [2.75, 3.05) is 33.7 Å². The number of phenolic OH excluding ortho intramolecular Hbond substituents is 2. The van der Waals surface area contributed by atoms with Gasteiger partial charge in [-0.1, -0.05) is 54.6 Å². The third-order valence-electron chi connectivity index (χ3n) is 6.77. The smallest absolute Gasteiger partial charge is 0.133 e. The molecule has 0 aliphatic heterocycles. The van der Waals surface area contributed by atoms with Crippen LogP contribution in [0.15, 0.2) is 71.2 Å². The minimum atomic E-state index is 0.336. The van der Waals surface area contributed by atoms with Crippen LogP contribution in [0.25, 0.3) is 21.9 Å². The molecule has 0 radical (unpaired) electrons. The molecule has 0 fully saturated rings. The average molecular weight is 548 g/mol. The summed E-state index contributed by atoms with van der Waals surface area (Å²) in [7, 11) is 4.20. The van der Waals surface area contributed by atoms with Gasteiger partial charge in [0, 0.05) is 37.3 Å². The standard InChI is InChI=1S/C31H35BrN2O2/c1-21-17-25(30(35)28(18-21)27-11-7-9-23-8-5-6-10-26(23)27)20-34(4)15-14-33(3)13-12-24-16-22(2)19-29(32)31(24)36/h5-11,16-19,35-36H,12-15,20H2,1-4H3. The maximum absolute atomic E-state index is 11.3. The molecule has 0 heterocycles. The van der Waals surface area contributed by atoms with Gasteiger partial charge in [-0.15, -0.1) is 0 Å². The Morgan fingerprint density at radius 3 is 2.17 bits per heavy atom. The largest absolute Gasteiger partial charge is 0.507 e. The molecule has 0 aliphatic rings. The monoisotopic (exact) mass is 546 g/mol. The van der Waals surface area contributed by atoms with Gasteiger partial charge in [0.15, 0.2) is 0 Å². The lowest BCUT2D eigenvalue weighted by Crippen LogP contribution is -2.31. The Morgan fingerprint density at radius 2 is 1.36 bits per heavy atom. The van der Waals surface area contributed by atoms with E-state index in [9.17, 15) is 10.2 Å². The Kier molecular flexibility index (Phi) is 8.35. The highest BCUT2D eigenvalue weighted by atomic mass is 79.9. The average Bonchev–Trinajstić information content (AvgIpc) is 2.85. The molecule has 188 valence electrons. The quantitative estimate of drug-likeness (QED) is 0.239. The van der Waals surface area contributed by atoms with E-state index in [1.165, 1.54) is 5.39 Å². The molecule has 0 bridgehead atoms. The van der Waals surface area contributed by atoms with Gasteiger partial charge in [-0.05, 0) is 95.5 Å². The molecule has 4 rings (SSSR count). The number of nitrogens with zero attached hydrogens (tertiary/aromatic N) is 2. The first kappa shape index (κ1) is 26.2. The van der Waals surface area contributed by atoms with Crippen LogP contribution in [0.2, 0.25) is 0 Å². The van der Waals surface area contributed by atoms with Crippen LogP contribution in [0.4, 0.5) is 0 Å². The van der Waals surface area contributed by atoms with E-state index in [2.05, 4.69) is 89.2 Å². The van der Waals surface area contributed by atoms with Crippen LogP contribution in [0, 0.1) is 13.8 Å². The Bertz CT molecular complexity index is 1360.